The van der Waals surface area contributed by atoms with Gasteiger partial charge in [-0.15, -0.1) is 0 Å². The lowest BCUT2D eigenvalue weighted by Crippen LogP contribution is -2.36. The lowest BCUT2D eigenvalue weighted by Gasteiger charge is -2.27. The van der Waals surface area contributed by atoms with Crippen molar-refractivity contribution in [2.45, 2.75) is 26.7 Å². The Morgan fingerprint density at radius 2 is 2.09 bits per heavy atom. The predicted octanol–water partition coefficient (Wildman–Crippen LogP) is 2.35. The third kappa shape index (κ3) is 3.25. The molecule has 0 heterocycles. The second kappa shape index (κ2) is 6.76. The largest absolute Gasteiger partial charge is 0.481 e. The number of nitriles is 1. The van der Waals surface area contributed by atoms with E-state index in [0.29, 0.717) is 18.5 Å². The maximum Gasteiger partial charge on any atom is 0.311 e. The van der Waals surface area contributed by atoms with E-state index in [-0.39, 0.29) is 17.8 Å². The predicted molar refractivity (Wildman–Crippen MR) is 81.4 cm³/mol. The minimum absolute atomic E-state index is 0.136. The minimum atomic E-state index is -0.941. The highest BCUT2D eigenvalue weighted by atomic mass is 16.6. The SMILES string of the molecule is CCC(CC)(CNc1cc(N)c([N+](=O)[O-])c(C#N)c1)C(=O)O. The molecule has 1 aromatic carbocycles. The summed E-state index contributed by atoms with van der Waals surface area (Å²) < 4.78 is 0. The van der Waals surface area contributed by atoms with Crippen molar-refractivity contribution in [3.63, 3.8) is 0 Å². The summed E-state index contributed by atoms with van der Waals surface area (Å²) >= 11 is 0. The van der Waals surface area contributed by atoms with Crippen LogP contribution in [0.2, 0.25) is 0 Å². The van der Waals surface area contributed by atoms with Gasteiger partial charge in [0.1, 0.15) is 17.3 Å². The molecule has 0 amide bonds. The Balaban J connectivity index is 3.11. The number of nitro benzene ring substituents is 1. The molecule has 0 spiro atoms. The second-order valence-electron chi connectivity index (χ2n) is 4.98. The molecule has 8 nitrogen and oxygen atoms in total. The monoisotopic (exact) mass is 306 g/mol. The van der Waals surface area contributed by atoms with E-state index >= 15 is 0 Å². The Morgan fingerprint density at radius 3 is 2.50 bits per heavy atom. The van der Waals surface area contributed by atoms with Crippen LogP contribution in [0.1, 0.15) is 32.3 Å². The number of hydrogen-bond acceptors (Lipinski definition) is 6. The zero-order valence-corrected chi connectivity index (χ0v) is 12.4. The van der Waals surface area contributed by atoms with Crippen LogP contribution in [0.15, 0.2) is 12.1 Å². The normalized spacial score (nSPS) is 10.8. The molecule has 1 aromatic rings. The number of nitro groups is 1. The van der Waals surface area contributed by atoms with Crippen molar-refractivity contribution in [2.24, 2.45) is 5.41 Å². The first-order valence-electron chi connectivity index (χ1n) is 6.76. The van der Waals surface area contributed by atoms with Gasteiger partial charge in [-0.2, -0.15) is 5.26 Å². The van der Waals surface area contributed by atoms with E-state index in [1.54, 1.807) is 19.9 Å². The van der Waals surface area contributed by atoms with E-state index < -0.39 is 22.0 Å². The number of nitrogen functional groups attached to an aromatic ring is 1. The highest BCUT2D eigenvalue weighted by Gasteiger charge is 2.34. The maximum atomic E-state index is 11.4. The molecule has 0 radical (unpaired) electrons. The summed E-state index contributed by atoms with van der Waals surface area (Å²) in [6, 6.07) is 4.36. The highest BCUT2D eigenvalue weighted by molar-refractivity contribution is 5.76. The van der Waals surface area contributed by atoms with Crippen molar-refractivity contribution in [3.05, 3.63) is 27.8 Å². The number of aliphatic carboxylic acids is 1. The van der Waals surface area contributed by atoms with Crippen molar-refractivity contribution in [3.8, 4) is 6.07 Å². The molecule has 0 aliphatic heterocycles. The fraction of sp³-hybridized carbons (Fsp3) is 0.429. The number of nitrogens with one attached hydrogen (secondary N) is 1. The van der Waals surface area contributed by atoms with Gasteiger partial charge < -0.3 is 16.2 Å². The molecule has 0 aromatic heterocycles. The number of hydrogen-bond donors (Lipinski definition) is 3. The number of carboxylic acid groups (broad SMARTS) is 1. The molecule has 0 fully saturated rings. The quantitative estimate of drug-likeness (QED) is 0.398. The Hall–Kier alpha value is -2.82. The topological polar surface area (TPSA) is 142 Å². The van der Waals surface area contributed by atoms with Gasteiger partial charge in [-0.25, -0.2) is 0 Å². The fourth-order valence-electron chi connectivity index (χ4n) is 2.20. The van der Waals surface area contributed by atoms with Crippen molar-refractivity contribution < 1.29 is 14.8 Å². The van der Waals surface area contributed by atoms with Crippen LogP contribution in [0.5, 0.6) is 0 Å². The molecule has 0 aliphatic rings. The van der Waals surface area contributed by atoms with Crippen molar-refractivity contribution in [2.75, 3.05) is 17.6 Å². The first kappa shape index (κ1) is 17.2. The minimum Gasteiger partial charge on any atom is -0.481 e. The average Bonchev–Trinajstić information content (AvgIpc) is 2.47. The number of anilines is 2. The van der Waals surface area contributed by atoms with Gasteiger partial charge in [0.05, 0.1) is 10.3 Å². The Bertz CT molecular complexity index is 632. The number of carbonyl (C=O) groups is 1. The Kier molecular flexibility index (Phi) is 5.29. The van der Waals surface area contributed by atoms with Gasteiger partial charge in [0.25, 0.3) is 0 Å². The summed E-state index contributed by atoms with van der Waals surface area (Å²) in [5, 5.41) is 32.2. The molecule has 4 N–H and O–H groups in total. The first-order valence-corrected chi connectivity index (χ1v) is 6.76. The van der Waals surface area contributed by atoms with Crippen molar-refractivity contribution in [1.82, 2.24) is 0 Å². The summed E-state index contributed by atoms with van der Waals surface area (Å²) in [5.41, 5.74) is 4.31. The molecule has 8 heteroatoms. The molecule has 0 saturated heterocycles. The van der Waals surface area contributed by atoms with Crippen LogP contribution in [0.25, 0.3) is 0 Å². The third-order valence-corrected chi connectivity index (χ3v) is 3.88. The number of carboxylic acids is 1. The van der Waals surface area contributed by atoms with Crippen LogP contribution in [0.3, 0.4) is 0 Å². The fourth-order valence-corrected chi connectivity index (χ4v) is 2.20. The van der Waals surface area contributed by atoms with Gasteiger partial charge in [-0.3, -0.25) is 14.9 Å². The lowest BCUT2D eigenvalue weighted by molar-refractivity contribution is -0.384. The standard InChI is InChI=1S/C14H18N4O4/c1-3-14(4-2,13(19)20)8-17-10-5-9(7-15)12(18(21)22)11(16)6-10/h5-6,17H,3-4,8,16H2,1-2H3,(H,19,20). The molecule has 118 valence electrons. The van der Waals surface area contributed by atoms with Crippen LogP contribution in [-0.4, -0.2) is 22.5 Å². The summed E-state index contributed by atoms with van der Waals surface area (Å²) in [4.78, 5) is 21.6. The van der Waals surface area contributed by atoms with Crippen molar-refractivity contribution >= 4 is 23.0 Å². The zero-order valence-electron chi connectivity index (χ0n) is 12.4. The second-order valence-corrected chi connectivity index (χ2v) is 4.98. The van der Waals surface area contributed by atoms with Gasteiger partial charge in [-0.1, -0.05) is 13.8 Å². The van der Waals surface area contributed by atoms with Gasteiger partial charge in [0.2, 0.25) is 0 Å². The van der Waals surface area contributed by atoms with E-state index in [1.807, 2.05) is 0 Å². The summed E-state index contributed by atoms with van der Waals surface area (Å²) in [6.07, 6.45) is 0.860. The molecule has 0 atom stereocenters. The molecule has 0 saturated carbocycles. The van der Waals surface area contributed by atoms with Crippen LogP contribution >= 0.6 is 0 Å². The molecule has 22 heavy (non-hydrogen) atoms. The molecular weight excluding hydrogens is 288 g/mol. The smallest absolute Gasteiger partial charge is 0.311 e. The average molecular weight is 306 g/mol. The van der Waals surface area contributed by atoms with Crippen LogP contribution < -0.4 is 11.1 Å². The summed E-state index contributed by atoms with van der Waals surface area (Å²) in [5.74, 6) is -0.916. The zero-order chi connectivity index (χ0) is 16.9. The summed E-state index contributed by atoms with van der Waals surface area (Å²) in [6.45, 7) is 3.70. The van der Waals surface area contributed by atoms with E-state index in [9.17, 15) is 20.0 Å². The number of nitrogens with zero attached hydrogens (tertiary/aromatic N) is 2. The number of nitrogens with two attached hydrogens (primary N) is 1. The van der Waals surface area contributed by atoms with Gasteiger partial charge in [0.15, 0.2) is 0 Å². The Morgan fingerprint density at radius 1 is 1.50 bits per heavy atom. The molecular formula is C14H18N4O4. The molecule has 0 bridgehead atoms. The first-order chi connectivity index (χ1) is 10.3. The van der Waals surface area contributed by atoms with Crippen LogP contribution in [0, 0.1) is 26.9 Å². The molecule has 0 aliphatic carbocycles. The van der Waals surface area contributed by atoms with Gasteiger partial charge in [0, 0.05) is 12.2 Å². The Labute approximate surface area is 127 Å². The molecule has 0 unspecified atom stereocenters. The van der Waals surface area contributed by atoms with E-state index in [0.717, 1.165) is 0 Å². The van der Waals surface area contributed by atoms with Crippen LogP contribution in [0.4, 0.5) is 17.1 Å². The van der Waals surface area contributed by atoms with Crippen molar-refractivity contribution in [1.29, 1.82) is 5.26 Å². The number of benzene rings is 1. The molecule has 1 rings (SSSR count). The van der Waals surface area contributed by atoms with E-state index in [4.69, 9.17) is 11.0 Å². The maximum absolute atomic E-state index is 11.4. The van der Waals surface area contributed by atoms with E-state index in [1.165, 1.54) is 12.1 Å². The van der Waals surface area contributed by atoms with Gasteiger partial charge >= 0.3 is 11.7 Å². The van der Waals surface area contributed by atoms with E-state index in [2.05, 4.69) is 5.32 Å². The third-order valence-electron chi connectivity index (χ3n) is 3.88. The number of rotatable bonds is 7. The summed E-state index contributed by atoms with van der Waals surface area (Å²) in [7, 11) is 0. The highest BCUT2D eigenvalue weighted by Crippen LogP contribution is 2.32. The van der Waals surface area contributed by atoms with Gasteiger partial charge in [-0.05, 0) is 25.0 Å². The lowest BCUT2D eigenvalue weighted by atomic mass is 9.82. The van der Waals surface area contributed by atoms with Crippen LogP contribution in [-0.2, 0) is 4.79 Å².